The van der Waals surface area contributed by atoms with Gasteiger partial charge in [-0.15, -0.1) is 11.3 Å². The number of thiophene rings is 1. The first-order valence-electron chi connectivity index (χ1n) is 9.28. The SMILES string of the molecule is Cc1cc(-c2ccnc(N)n2)ccc1CN=C(N)c1cc2c(s1)CCN(C)C2. The fourth-order valence-corrected chi connectivity index (χ4v) is 4.50. The topological polar surface area (TPSA) is 93.4 Å². The average molecular weight is 393 g/mol. The molecule has 1 aliphatic heterocycles. The molecule has 1 aliphatic rings. The van der Waals surface area contributed by atoms with Gasteiger partial charge in [-0.3, -0.25) is 4.99 Å². The fraction of sp³-hybridized carbons (Fsp3) is 0.286. The van der Waals surface area contributed by atoms with E-state index in [0.717, 1.165) is 46.8 Å². The van der Waals surface area contributed by atoms with Crippen LogP contribution in [-0.2, 0) is 19.5 Å². The normalized spacial score (nSPS) is 14.9. The Labute approximate surface area is 169 Å². The molecule has 0 saturated carbocycles. The summed E-state index contributed by atoms with van der Waals surface area (Å²) < 4.78 is 0. The highest BCUT2D eigenvalue weighted by Gasteiger charge is 2.17. The van der Waals surface area contributed by atoms with Crippen molar-refractivity contribution in [2.24, 2.45) is 10.7 Å². The molecule has 0 amide bonds. The zero-order chi connectivity index (χ0) is 19.7. The van der Waals surface area contributed by atoms with E-state index in [0.29, 0.717) is 12.4 Å². The predicted molar refractivity (Wildman–Crippen MR) is 115 cm³/mol. The van der Waals surface area contributed by atoms with Crippen molar-refractivity contribution in [3.8, 4) is 11.3 Å². The summed E-state index contributed by atoms with van der Waals surface area (Å²) in [6, 6.07) is 10.3. The van der Waals surface area contributed by atoms with Crippen molar-refractivity contribution in [3.63, 3.8) is 0 Å². The van der Waals surface area contributed by atoms with Gasteiger partial charge < -0.3 is 16.4 Å². The van der Waals surface area contributed by atoms with E-state index in [1.807, 2.05) is 12.1 Å². The van der Waals surface area contributed by atoms with Gasteiger partial charge in [0.15, 0.2) is 0 Å². The lowest BCUT2D eigenvalue weighted by Crippen LogP contribution is -2.25. The van der Waals surface area contributed by atoms with Crippen LogP contribution >= 0.6 is 11.3 Å². The van der Waals surface area contributed by atoms with Gasteiger partial charge in [0.05, 0.1) is 17.1 Å². The maximum atomic E-state index is 6.29. The standard InChI is InChI=1S/C21H24N6S/c1-13-9-14(17-5-7-24-21(23)26-17)3-4-15(13)11-25-20(22)19-10-16-12-27(2)8-6-18(16)28-19/h3-5,7,9-10H,6,8,11-12H2,1-2H3,(H2,22,25)(H2,23,24,26). The van der Waals surface area contributed by atoms with Crippen LogP contribution < -0.4 is 11.5 Å². The molecule has 6 nitrogen and oxygen atoms in total. The minimum Gasteiger partial charge on any atom is -0.383 e. The third-order valence-electron chi connectivity index (χ3n) is 5.04. The second-order valence-electron chi connectivity index (χ2n) is 7.19. The first-order valence-corrected chi connectivity index (χ1v) is 10.1. The van der Waals surface area contributed by atoms with Gasteiger partial charge in [-0.2, -0.15) is 0 Å². The molecular formula is C21H24N6S. The monoisotopic (exact) mass is 392 g/mol. The molecule has 0 unspecified atom stereocenters. The molecule has 1 aromatic carbocycles. The Morgan fingerprint density at radius 2 is 2.14 bits per heavy atom. The van der Waals surface area contributed by atoms with E-state index in [2.05, 4.69) is 52.0 Å². The molecule has 0 atom stereocenters. The molecule has 144 valence electrons. The van der Waals surface area contributed by atoms with Crippen LogP contribution in [0.1, 0.15) is 26.4 Å². The molecule has 0 radical (unpaired) electrons. The van der Waals surface area contributed by atoms with E-state index < -0.39 is 0 Å². The van der Waals surface area contributed by atoms with Crippen molar-refractivity contribution in [2.45, 2.75) is 26.4 Å². The van der Waals surface area contributed by atoms with Gasteiger partial charge in [0.25, 0.3) is 0 Å². The molecule has 0 aliphatic carbocycles. The number of fused-ring (bicyclic) bond motifs is 1. The third kappa shape index (κ3) is 3.90. The number of nitrogen functional groups attached to an aromatic ring is 1. The molecule has 2 aromatic heterocycles. The minimum absolute atomic E-state index is 0.279. The van der Waals surface area contributed by atoms with Crippen molar-refractivity contribution in [2.75, 3.05) is 19.3 Å². The Hall–Kier alpha value is -2.77. The van der Waals surface area contributed by atoms with Crippen molar-refractivity contribution in [1.29, 1.82) is 0 Å². The number of hydrogen-bond donors (Lipinski definition) is 2. The van der Waals surface area contributed by atoms with E-state index >= 15 is 0 Å². The number of amidine groups is 1. The molecule has 0 saturated heterocycles. The summed E-state index contributed by atoms with van der Waals surface area (Å²) in [5.74, 6) is 0.899. The lowest BCUT2D eigenvalue weighted by Gasteiger charge is -2.21. The summed E-state index contributed by atoms with van der Waals surface area (Å²) in [7, 11) is 2.15. The van der Waals surface area contributed by atoms with E-state index in [1.165, 1.54) is 10.4 Å². The number of aromatic nitrogens is 2. The number of aliphatic imine (C=N–C) groups is 1. The summed E-state index contributed by atoms with van der Waals surface area (Å²) in [5, 5.41) is 0. The highest BCUT2D eigenvalue weighted by atomic mass is 32.1. The number of benzene rings is 1. The molecule has 7 heteroatoms. The van der Waals surface area contributed by atoms with E-state index in [4.69, 9.17) is 11.5 Å². The summed E-state index contributed by atoms with van der Waals surface area (Å²) >= 11 is 1.78. The first-order chi connectivity index (χ1) is 13.5. The number of likely N-dealkylation sites (N-methyl/N-ethyl adjacent to an activating group) is 1. The summed E-state index contributed by atoms with van der Waals surface area (Å²) in [6.07, 6.45) is 2.77. The third-order valence-corrected chi connectivity index (χ3v) is 6.30. The fourth-order valence-electron chi connectivity index (χ4n) is 3.42. The second kappa shape index (κ2) is 7.69. The van der Waals surface area contributed by atoms with Gasteiger partial charge in [-0.1, -0.05) is 12.1 Å². The molecule has 0 spiro atoms. The molecule has 4 N–H and O–H groups in total. The highest BCUT2D eigenvalue weighted by molar-refractivity contribution is 7.14. The Morgan fingerprint density at radius 3 is 2.93 bits per heavy atom. The molecule has 4 rings (SSSR count). The first kappa shape index (κ1) is 18.6. The average Bonchev–Trinajstić information content (AvgIpc) is 3.10. The van der Waals surface area contributed by atoms with E-state index in [-0.39, 0.29) is 5.95 Å². The largest absolute Gasteiger partial charge is 0.383 e. The second-order valence-corrected chi connectivity index (χ2v) is 8.33. The van der Waals surface area contributed by atoms with Crippen LogP contribution in [0.3, 0.4) is 0 Å². The van der Waals surface area contributed by atoms with Crippen molar-refractivity contribution in [3.05, 3.63) is 63.0 Å². The highest BCUT2D eigenvalue weighted by Crippen LogP contribution is 2.28. The number of hydrogen-bond acceptors (Lipinski definition) is 6. The Kier molecular flexibility index (Phi) is 5.11. The van der Waals surface area contributed by atoms with Gasteiger partial charge in [0, 0.05) is 29.7 Å². The maximum absolute atomic E-state index is 6.29. The number of rotatable bonds is 4. The molecule has 28 heavy (non-hydrogen) atoms. The minimum atomic E-state index is 0.279. The quantitative estimate of drug-likeness (QED) is 0.526. The van der Waals surface area contributed by atoms with Crippen LogP contribution in [-0.4, -0.2) is 34.3 Å². The number of anilines is 1. The Balaban J connectivity index is 1.51. The number of aryl methyl sites for hydroxylation is 1. The summed E-state index contributed by atoms with van der Waals surface area (Å²) in [6.45, 7) is 4.74. The molecule has 3 aromatic rings. The molecular weight excluding hydrogens is 368 g/mol. The van der Waals surface area contributed by atoms with Crippen LogP contribution in [0.15, 0.2) is 41.5 Å². The number of nitrogens with zero attached hydrogens (tertiary/aromatic N) is 4. The van der Waals surface area contributed by atoms with Gasteiger partial charge >= 0.3 is 0 Å². The molecule has 0 bridgehead atoms. The van der Waals surface area contributed by atoms with Crippen LogP contribution in [0.4, 0.5) is 5.95 Å². The number of nitrogens with two attached hydrogens (primary N) is 2. The van der Waals surface area contributed by atoms with Crippen molar-refractivity contribution in [1.82, 2.24) is 14.9 Å². The van der Waals surface area contributed by atoms with Crippen LogP contribution in [0.25, 0.3) is 11.3 Å². The summed E-state index contributed by atoms with van der Waals surface area (Å²) in [4.78, 5) is 17.7. The van der Waals surface area contributed by atoms with Gasteiger partial charge in [-0.25, -0.2) is 9.97 Å². The van der Waals surface area contributed by atoms with Crippen molar-refractivity contribution >= 4 is 23.1 Å². The molecule has 0 fully saturated rings. The van der Waals surface area contributed by atoms with Gasteiger partial charge in [0.1, 0.15) is 5.84 Å². The van der Waals surface area contributed by atoms with Crippen molar-refractivity contribution < 1.29 is 0 Å². The zero-order valence-electron chi connectivity index (χ0n) is 16.1. The van der Waals surface area contributed by atoms with Crippen LogP contribution in [0, 0.1) is 6.92 Å². The summed E-state index contributed by atoms with van der Waals surface area (Å²) in [5.41, 5.74) is 17.5. The van der Waals surface area contributed by atoms with Crippen LogP contribution in [0.2, 0.25) is 0 Å². The lowest BCUT2D eigenvalue weighted by atomic mass is 10.0. The molecule has 3 heterocycles. The van der Waals surface area contributed by atoms with Gasteiger partial charge in [-0.05, 0) is 55.3 Å². The predicted octanol–water partition coefficient (Wildman–Crippen LogP) is 2.99. The van der Waals surface area contributed by atoms with E-state index in [1.54, 1.807) is 17.5 Å². The zero-order valence-corrected chi connectivity index (χ0v) is 17.0. The maximum Gasteiger partial charge on any atom is 0.220 e. The Bertz CT molecular complexity index is 1040. The smallest absolute Gasteiger partial charge is 0.220 e. The van der Waals surface area contributed by atoms with Gasteiger partial charge in [0.2, 0.25) is 5.95 Å². The van der Waals surface area contributed by atoms with Crippen LogP contribution in [0.5, 0.6) is 0 Å². The lowest BCUT2D eigenvalue weighted by molar-refractivity contribution is 0.315. The van der Waals surface area contributed by atoms with E-state index in [9.17, 15) is 0 Å². The Morgan fingerprint density at radius 1 is 1.29 bits per heavy atom.